The van der Waals surface area contributed by atoms with Crippen molar-refractivity contribution in [2.24, 2.45) is 11.8 Å². The van der Waals surface area contributed by atoms with Crippen molar-refractivity contribution in [3.8, 4) is 11.1 Å². The lowest BCUT2D eigenvalue weighted by atomic mass is 9.86. The van der Waals surface area contributed by atoms with Crippen molar-refractivity contribution < 1.29 is 9.53 Å². The number of hydrogen-bond donors (Lipinski definition) is 0. The maximum absolute atomic E-state index is 11.8. The Bertz CT molecular complexity index is 1150. The molecule has 0 N–H and O–H groups in total. The van der Waals surface area contributed by atoms with E-state index in [4.69, 9.17) is 4.74 Å². The van der Waals surface area contributed by atoms with E-state index < -0.39 is 0 Å². The molecule has 0 aliphatic heterocycles. The molecule has 2 nitrogen and oxygen atoms in total. The zero-order valence-electron chi connectivity index (χ0n) is 21.2. The standard InChI is InChI=1S/C26H26O2.C5H12/c1-16-11-18(3)24(12-16)25-15-22(6-5-17(25)2)20-7-8-21-14-23(26(27)28-4)10-9-19(21)13-20;1-4-5(2)3/h5-11,13-16,24H,12H2,1-4H3;5H,4H2,1-3H3. The van der Waals surface area contributed by atoms with E-state index in [2.05, 4.69) is 84.0 Å². The molecule has 0 bridgehead atoms. The molecule has 174 valence electrons. The summed E-state index contributed by atoms with van der Waals surface area (Å²) >= 11 is 0. The second-order valence-electron chi connectivity index (χ2n) is 9.82. The Morgan fingerprint density at radius 1 is 0.970 bits per heavy atom. The van der Waals surface area contributed by atoms with Crippen LogP contribution in [0.25, 0.3) is 21.9 Å². The van der Waals surface area contributed by atoms with Crippen molar-refractivity contribution in [3.05, 3.63) is 82.9 Å². The first-order valence-electron chi connectivity index (χ1n) is 12.1. The van der Waals surface area contributed by atoms with Gasteiger partial charge in [-0.25, -0.2) is 4.79 Å². The number of benzene rings is 3. The van der Waals surface area contributed by atoms with Gasteiger partial charge in [0.2, 0.25) is 0 Å². The van der Waals surface area contributed by atoms with Crippen LogP contribution in [0.4, 0.5) is 0 Å². The number of esters is 1. The van der Waals surface area contributed by atoms with Crippen LogP contribution >= 0.6 is 0 Å². The first-order valence-corrected chi connectivity index (χ1v) is 12.1. The zero-order valence-corrected chi connectivity index (χ0v) is 21.2. The van der Waals surface area contributed by atoms with Gasteiger partial charge < -0.3 is 4.74 Å². The van der Waals surface area contributed by atoms with Gasteiger partial charge in [0.1, 0.15) is 0 Å². The Balaban J connectivity index is 0.000000555. The summed E-state index contributed by atoms with van der Waals surface area (Å²) in [6.45, 7) is 13.4. The van der Waals surface area contributed by atoms with E-state index in [0.29, 0.717) is 17.4 Å². The largest absolute Gasteiger partial charge is 0.465 e. The lowest BCUT2D eigenvalue weighted by Crippen LogP contribution is -2.01. The normalized spacial score (nSPS) is 17.5. The number of rotatable bonds is 4. The molecule has 0 spiro atoms. The highest BCUT2D eigenvalue weighted by Gasteiger charge is 2.24. The molecule has 0 saturated heterocycles. The molecule has 2 atom stereocenters. The van der Waals surface area contributed by atoms with E-state index >= 15 is 0 Å². The number of aryl methyl sites for hydroxylation is 1. The van der Waals surface area contributed by atoms with Gasteiger partial charge in [-0.15, -0.1) is 0 Å². The van der Waals surface area contributed by atoms with Crippen LogP contribution in [0.5, 0.6) is 0 Å². The van der Waals surface area contributed by atoms with E-state index in [0.717, 1.165) is 16.7 Å². The summed E-state index contributed by atoms with van der Waals surface area (Å²) in [6.07, 6.45) is 4.91. The number of allylic oxidation sites excluding steroid dienone is 2. The Morgan fingerprint density at radius 3 is 2.18 bits per heavy atom. The van der Waals surface area contributed by atoms with Gasteiger partial charge in [0.25, 0.3) is 0 Å². The second-order valence-corrected chi connectivity index (χ2v) is 9.82. The van der Waals surface area contributed by atoms with Crippen molar-refractivity contribution in [2.75, 3.05) is 7.11 Å². The van der Waals surface area contributed by atoms with E-state index in [1.807, 2.05) is 18.2 Å². The fourth-order valence-corrected chi connectivity index (χ4v) is 4.43. The Kier molecular flexibility index (Phi) is 8.13. The van der Waals surface area contributed by atoms with E-state index in [9.17, 15) is 4.79 Å². The first-order chi connectivity index (χ1) is 15.7. The number of carbonyl (C=O) groups is 1. The monoisotopic (exact) mass is 442 g/mol. The molecule has 0 fully saturated rings. The smallest absolute Gasteiger partial charge is 0.337 e. The van der Waals surface area contributed by atoms with Crippen molar-refractivity contribution in [3.63, 3.8) is 0 Å². The van der Waals surface area contributed by atoms with Gasteiger partial charge in [-0.2, -0.15) is 0 Å². The molecule has 3 aromatic carbocycles. The van der Waals surface area contributed by atoms with Gasteiger partial charge in [0.05, 0.1) is 12.7 Å². The summed E-state index contributed by atoms with van der Waals surface area (Å²) in [5, 5.41) is 2.17. The van der Waals surface area contributed by atoms with Crippen molar-refractivity contribution in [2.45, 2.75) is 60.3 Å². The van der Waals surface area contributed by atoms with Crippen LogP contribution in [-0.4, -0.2) is 13.1 Å². The van der Waals surface area contributed by atoms with Crippen LogP contribution in [0, 0.1) is 18.8 Å². The number of methoxy groups -OCH3 is 1. The third-order valence-electron chi connectivity index (χ3n) is 6.77. The topological polar surface area (TPSA) is 26.3 Å². The summed E-state index contributed by atoms with van der Waals surface area (Å²) < 4.78 is 4.82. The Morgan fingerprint density at radius 2 is 1.58 bits per heavy atom. The summed E-state index contributed by atoms with van der Waals surface area (Å²) in [5.74, 6) is 1.76. The third kappa shape index (κ3) is 5.93. The van der Waals surface area contributed by atoms with Crippen LogP contribution in [0.1, 0.15) is 74.9 Å². The lowest BCUT2D eigenvalue weighted by molar-refractivity contribution is 0.0601. The van der Waals surface area contributed by atoms with Crippen LogP contribution in [-0.2, 0) is 4.74 Å². The molecule has 0 saturated carbocycles. The average Bonchev–Trinajstić information content (AvgIpc) is 3.16. The summed E-state index contributed by atoms with van der Waals surface area (Å²) in [6, 6.07) is 18.9. The molecular weight excluding hydrogens is 404 g/mol. The molecule has 1 aliphatic rings. The average molecular weight is 443 g/mol. The Labute approximate surface area is 199 Å². The van der Waals surface area contributed by atoms with Gasteiger partial charge in [-0.1, -0.05) is 82.2 Å². The SMILES string of the molecule is CCC(C)C.COC(=O)c1ccc2cc(-c3ccc(C)c(C4CC(C)C=C4C)c3)ccc2c1. The van der Waals surface area contributed by atoms with Gasteiger partial charge in [0.15, 0.2) is 0 Å². The first kappa shape index (κ1) is 24.8. The van der Waals surface area contributed by atoms with Crippen molar-refractivity contribution in [1.29, 1.82) is 0 Å². The van der Waals surface area contributed by atoms with Crippen LogP contribution < -0.4 is 0 Å². The minimum absolute atomic E-state index is 0.302. The molecule has 1 aliphatic carbocycles. The highest BCUT2D eigenvalue weighted by molar-refractivity contribution is 5.96. The fraction of sp³-hybridized carbons (Fsp3) is 0.387. The van der Waals surface area contributed by atoms with Gasteiger partial charge in [-0.3, -0.25) is 0 Å². The molecule has 0 amide bonds. The van der Waals surface area contributed by atoms with Crippen molar-refractivity contribution >= 4 is 16.7 Å². The van der Waals surface area contributed by atoms with Crippen molar-refractivity contribution in [1.82, 2.24) is 0 Å². The van der Waals surface area contributed by atoms with Crippen LogP contribution in [0.15, 0.2) is 66.2 Å². The van der Waals surface area contributed by atoms with E-state index in [1.54, 1.807) is 0 Å². The minimum atomic E-state index is -0.302. The number of ether oxygens (including phenoxy) is 1. The quantitative estimate of drug-likeness (QED) is 0.298. The molecule has 2 unspecified atom stereocenters. The molecule has 0 radical (unpaired) electrons. The zero-order chi connectivity index (χ0) is 24.1. The third-order valence-corrected chi connectivity index (χ3v) is 6.77. The number of fused-ring (bicyclic) bond motifs is 1. The molecule has 0 heterocycles. The molecule has 4 rings (SSSR count). The molecule has 3 aromatic rings. The highest BCUT2D eigenvalue weighted by atomic mass is 16.5. The van der Waals surface area contributed by atoms with Gasteiger partial charge >= 0.3 is 5.97 Å². The predicted molar refractivity (Wildman–Crippen MR) is 141 cm³/mol. The van der Waals surface area contributed by atoms with E-state index in [-0.39, 0.29) is 5.97 Å². The van der Waals surface area contributed by atoms with E-state index in [1.165, 1.54) is 47.8 Å². The lowest BCUT2D eigenvalue weighted by Gasteiger charge is -2.18. The maximum Gasteiger partial charge on any atom is 0.337 e. The molecule has 2 heteroatoms. The van der Waals surface area contributed by atoms with Gasteiger partial charge in [0, 0.05) is 5.92 Å². The summed E-state index contributed by atoms with van der Waals surface area (Å²) in [4.78, 5) is 11.8. The van der Waals surface area contributed by atoms with Gasteiger partial charge in [-0.05, 0) is 83.3 Å². The number of carbonyl (C=O) groups excluding carboxylic acids is 1. The molecule has 33 heavy (non-hydrogen) atoms. The predicted octanol–water partition coefficient (Wildman–Crippen LogP) is 8.72. The highest BCUT2D eigenvalue weighted by Crippen LogP contribution is 2.40. The molecule has 0 aromatic heterocycles. The molecular formula is C31H38O2. The second kappa shape index (κ2) is 10.8. The van der Waals surface area contributed by atoms with Crippen LogP contribution in [0.2, 0.25) is 0 Å². The maximum atomic E-state index is 11.8. The Hall–Kier alpha value is -2.87. The fourth-order valence-electron chi connectivity index (χ4n) is 4.43. The number of hydrogen-bond acceptors (Lipinski definition) is 2. The minimum Gasteiger partial charge on any atom is -0.465 e. The summed E-state index contributed by atoms with van der Waals surface area (Å²) in [7, 11) is 1.41. The summed E-state index contributed by atoms with van der Waals surface area (Å²) in [5.41, 5.74) is 7.31. The van der Waals surface area contributed by atoms with Crippen LogP contribution in [0.3, 0.4) is 0 Å².